The van der Waals surface area contributed by atoms with Gasteiger partial charge in [-0.3, -0.25) is 19.6 Å². The number of ketones is 1. The van der Waals surface area contributed by atoms with E-state index in [2.05, 4.69) is 9.97 Å². The summed E-state index contributed by atoms with van der Waals surface area (Å²) >= 11 is 0. The van der Waals surface area contributed by atoms with Gasteiger partial charge in [-0.2, -0.15) is 0 Å². The summed E-state index contributed by atoms with van der Waals surface area (Å²) in [6, 6.07) is 1.65. The molecule has 1 aromatic heterocycles. The monoisotopic (exact) mass is 303 g/mol. The highest BCUT2D eigenvalue weighted by Crippen LogP contribution is 2.31. The minimum Gasteiger partial charge on any atom is -0.293 e. The summed E-state index contributed by atoms with van der Waals surface area (Å²) in [7, 11) is 0. The van der Waals surface area contributed by atoms with Crippen LogP contribution in [0, 0.1) is 10.1 Å². The first-order valence-corrected chi connectivity index (χ1v) is 7.01. The SMILES string of the molecule is CCCC(OC1([N+](=O)[O-])C=CC(C)=CC1=O)c1ncccn1. The van der Waals surface area contributed by atoms with Gasteiger partial charge in [0.05, 0.1) is 4.92 Å². The Labute approximate surface area is 127 Å². The van der Waals surface area contributed by atoms with Gasteiger partial charge >= 0.3 is 5.72 Å². The van der Waals surface area contributed by atoms with E-state index in [-0.39, 0.29) is 0 Å². The topological polar surface area (TPSA) is 95.2 Å². The summed E-state index contributed by atoms with van der Waals surface area (Å²) < 4.78 is 5.62. The molecule has 1 heterocycles. The molecular formula is C15H17N3O4. The quantitative estimate of drug-likeness (QED) is 0.455. The highest BCUT2D eigenvalue weighted by atomic mass is 16.7. The number of nitrogens with zero attached hydrogens (tertiary/aromatic N) is 3. The number of nitro groups is 1. The Kier molecular flexibility index (Phi) is 4.77. The molecule has 1 aliphatic rings. The Hall–Kier alpha value is -2.41. The normalized spacial score (nSPS) is 22.3. The third kappa shape index (κ3) is 3.09. The van der Waals surface area contributed by atoms with E-state index in [4.69, 9.17) is 4.74 Å². The average molecular weight is 303 g/mol. The molecule has 7 heteroatoms. The number of aromatic nitrogens is 2. The van der Waals surface area contributed by atoms with Crippen LogP contribution in [0.5, 0.6) is 0 Å². The molecule has 1 aliphatic carbocycles. The molecule has 7 nitrogen and oxygen atoms in total. The van der Waals surface area contributed by atoms with Crippen LogP contribution in [0.4, 0.5) is 0 Å². The zero-order valence-electron chi connectivity index (χ0n) is 12.4. The van der Waals surface area contributed by atoms with Crippen LogP contribution in [-0.4, -0.2) is 26.4 Å². The summed E-state index contributed by atoms with van der Waals surface area (Å²) in [5, 5.41) is 11.5. The van der Waals surface area contributed by atoms with Gasteiger partial charge in [-0.25, -0.2) is 9.97 Å². The molecule has 0 saturated heterocycles. The van der Waals surface area contributed by atoms with Crippen LogP contribution < -0.4 is 0 Å². The number of hydrogen-bond acceptors (Lipinski definition) is 6. The maximum absolute atomic E-state index is 12.2. The molecule has 2 unspecified atom stereocenters. The van der Waals surface area contributed by atoms with E-state index >= 15 is 0 Å². The molecule has 22 heavy (non-hydrogen) atoms. The van der Waals surface area contributed by atoms with Crippen LogP contribution in [0.1, 0.15) is 38.6 Å². The molecule has 2 rings (SSSR count). The molecule has 0 bridgehead atoms. The van der Waals surface area contributed by atoms with Gasteiger partial charge in [0.1, 0.15) is 6.10 Å². The molecule has 0 aromatic carbocycles. The van der Waals surface area contributed by atoms with Gasteiger partial charge in [-0.15, -0.1) is 0 Å². The fourth-order valence-corrected chi connectivity index (χ4v) is 2.17. The van der Waals surface area contributed by atoms with E-state index in [0.717, 1.165) is 0 Å². The standard InChI is InChI=1S/C15H17N3O4/c1-3-5-12(14-16-8-4-9-17-14)22-15(18(20)21)7-6-11(2)10-13(15)19/h4,6-10,12H,3,5H2,1-2H3. The van der Waals surface area contributed by atoms with Gasteiger partial charge in [-0.1, -0.05) is 19.4 Å². The minimum atomic E-state index is -2.21. The van der Waals surface area contributed by atoms with Gasteiger partial charge in [0.2, 0.25) is 0 Å². The Morgan fingerprint density at radius 2 is 2.09 bits per heavy atom. The number of carbonyl (C=O) groups excluding carboxylic acids is 1. The van der Waals surface area contributed by atoms with Gasteiger partial charge in [0.25, 0.3) is 5.78 Å². The van der Waals surface area contributed by atoms with Crippen molar-refractivity contribution < 1.29 is 14.5 Å². The third-order valence-corrected chi connectivity index (χ3v) is 3.30. The summed E-state index contributed by atoms with van der Waals surface area (Å²) in [6.45, 7) is 3.61. The van der Waals surface area contributed by atoms with Crippen molar-refractivity contribution in [2.75, 3.05) is 0 Å². The number of rotatable bonds is 6. The van der Waals surface area contributed by atoms with Gasteiger partial charge < -0.3 is 0 Å². The van der Waals surface area contributed by atoms with Crippen LogP contribution in [-0.2, 0) is 9.53 Å². The average Bonchev–Trinajstić information content (AvgIpc) is 2.50. The second-order valence-corrected chi connectivity index (χ2v) is 5.04. The lowest BCUT2D eigenvalue weighted by Crippen LogP contribution is -2.48. The molecule has 0 saturated carbocycles. The minimum absolute atomic E-state index is 0.332. The van der Waals surface area contributed by atoms with Crippen LogP contribution in [0.2, 0.25) is 0 Å². The number of ether oxygens (including phenoxy) is 1. The number of carbonyl (C=O) groups is 1. The summed E-state index contributed by atoms with van der Waals surface area (Å²) in [4.78, 5) is 31.2. The van der Waals surface area contributed by atoms with E-state index < -0.39 is 22.5 Å². The van der Waals surface area contributed by atoms with Crippen molar-refractivity contribution in [2.24, 2.45) is 0 Å². The van der Waals surface area contributed by atoms with Crippen molar-refractivity contribution in [3.63, 3.8) is 0 Å². The molecule has 0 fully saturated rings. The summed E-state index contributed by atoms with van der Waals surface area (Å²) in [6.07, 6.45) is 7.46. The maximum Gasteiger partial charge on any atom is 0.408 e. The lowest BCUT2D eigenvalue weighted by molar-refractivity contribution is -0.598. The van der Waals surface area contributed by atoms with Crippen molar-refractivity contribution in [2.45, 2.75) is 38.5 Å². The molecule has 1 aromatic rings. The molecule has 0 N–H and O–H groups in total. The van der Waals surface area contributed by atoms with Crippen LogP contribution in [0.25, 0.3) is 0 Å². The van der Waals surface area contributed by atoms with Gasteiger partial charge in [0.15, 0.2) is 5.82 Å². The van der Waals surface area contributed by atoms with Gasteiger partial charge in [0, 0.05) is 18.5 Å². The first-order chi connectivity index (χ1) is 10.5. The molecule has 116 valence electrons. The largest absolute Gasteiger partial charge is 0.408 e. The van der Waals surface area contributed by atoms with E-state index in [0.29, 0.717) is 24.2 Å². The summed E-state index contributed by atoms with van der Waals surface area (Å²) in [5.74, 6) is -0.368. The van der Waals surface area contributed by atoms with Crippen molar-refractivity contribution in [1.82, 2.24) is 9.97 Å². The predicted octanol–water partition coefficient (Wildman–Crippen LogP) is 2.39. The predicted molar refractivity (Wildman–Crippen MR) is 78.4 cm³/mol. The Morgan fingerprint density at radius 3 is 2.64 bits per heavy atom. The first kappa shape index (κ1) is 16.0. The molecule has 2 atom stereocenters. The van der Waals surface area contributed by atoms with Crippen molar-refractivity contribution in [3.8, 4) is 0 Å². The maximum atomic E-state index is 12.2. The van der Waals surface area contributed by atoms with Crippen molar-refractivity contribution in [1.29, 1.82) is 0 Å². The molecule has 0 amide bonds. The second-order valence-electron chi connectivity index (χ2n) is 5.04. The van der Waals surface area contributed by atoms with Crippen LogP contribution in [0.15, 0.2) is 42.3 Å². The van der Waals surface area contributed by atoms with Crippen LogP contribution >= 0.6 is 0 Å². The van der Waals surface area contributed by atoms with E-state index in [1.807, 2.05) is 6.92 Å². The fraction of sp³-hybridized carbons (Fsp3) is 0.400. The zero-order valence-corrected chi connectivity index (χ0v) is 12.4. The Bertz CT molecular complexity index is 627. The van der Waals surface area contributed by atoms with Crippen LogP contribution in [0.3, 0.4) is 0 Å². The van der Waals surface area contributed by atoms with E-state index in [9.17, 15) is 14.9 Å². The van der Waals surface area contributed by atoms with Crippen molar-refractivity contribution in [3.05, 3.63) is 58.2 Å². The highest BCUT2D eigenvalue weighted by Gasteiger charge is 2.52. The van der Waals surface area contributed by atoms with E-state index in [1.54, 1.807) is 13.0 Å². The Balaban J connectivity index is 2.36. The molecule has 0 radical (unpaired) electrons. The lowest BCUT2D eigenvalue weighted by Gasteiger charge is -2.26. The molecule has 0 spiro atoms. The molecule has 0 aliphatic heterocycles. The lowest BCUT2D eigenvalue weighted by atomic mass is 9.98. The zero-order chi connectivity index (χ0) is 16.2. The summed E-state index contributed by atoms with van der Waals surface area (Å²) in [5.41, 5.74) is -1.56. The van der Waals surface area contributed by atoms with Crippen molar-refractivity contribution >= 4 is 5.78 Å². The first-order valence-electron chi connectivity index (χ1n) is 7.01. The third-order valence-electron chi connectivity index (χ3n) is 3.30. The Morgan fingerprint density at radius 1 is 1.41 bits per heavy atom. The number of hydrogen-bond donors (Lipinski definition) is 0. The van der Waals surface area contributed by atoms with Gasteiger partial charge in [-0.05, 0) is 31.1 Å². The number of allylic oxidation sites excluding steroid dienone is 2. The molecular weight excluding hydrogens is 286 g/mol. The second kappa shape index (κ2) is 6.57. The highest BCUT2D eigenvalue weighted by molar-refractivity contribution is 5.99. The van der Waals surface area contributed by atoms with E-state index in [1.165, 1.54) is 30.6 Å². The fourth-order valence-electron chi connectivity index (χ4n) is 2.17. The smallest absolute Gasteiger partial charge is 0.293 e.